The molecule has 0 spiro atoms. The van der Waals surface area contributed by atoms with Crippen LogP contribution in [-0.4, -0.2) is 9.97 Å². The van der Waals surface area contributed by atoms with Gasteiger partial charge in [0.2, 0.25) is 5.95 Å². The quantitative estimate of drug-likeness (QED) is 0.143. The van der Waals surface area contributed by atoms with Crippen LogP contribution in [0.1, 0.15) is 42.1 Å². The second kappa shape index (κ2) is 13.3. The molecule has 1 aromatic heterocycles. The van der Waals surface area contributed by atoms with Gasteiger partial charge in [0.1, 0.15) is 5.82 Å². The average molecular weight is 538 g/mol. The van der Waals surface area contributed by atoms with Crippen LogP contribution in [0.2, 0.25) is 0 Å². The van der Waals surface area contributed by atoms with Crippen molar-refractivity contribution < 1.29 is 0 Å². The van der Waals surface area contributed by atoms with E-state index in [1.54, 1.807) is 6.20 Å². The lowest BCUT2D eigenvalue weighted by Crippen LogP contribution is -2.22. The van der Waals surface area contributed by atoms with Gasteiger partial charge in [0.05, 0.1) is 11.7 Å². The molecule has 0 bridgehead atoms. The summed E-state index contributed by atoms with van der Waals surface area (Å²) in [4.78, 5) is 13.7. The van der Waals surface area contributed by atoms with E-state index in [0.717, 1.165) is 35.8 Å². The summed E-state index contributed by atoms with van der Waals surface area (Å²) in [5, 5.41) is 3.43. The highest BCUT2D eigenvalue weighted by molar-refractivity contribution is 5.71. The molecule has 0 saturated carbocycles. The fraction of sp³-hybridized carbons (Fsp3) is 0.167. The lowest BCUT2D eigenvalue weighted by atomic mass is 10.1. The molecule has 0 unspecified atom stereocenters. The largest absolute Gasteiger partial charge is 0.363 e. The molecule has 0 radical (unpaired) electrons. The fourth-order valence-electron chi connectivity index (χ4n) is 4.85. The number of hydrogen-bond acceptors (Lipinski definition) is 5. The Morgan fingerprint density at radius 3 is 1.98 bits per heavy atom. The van der Waals surface area contributed by atoms with Crippen LogP contribution in [0.15, 0.2) is 121 Å². The Hall–Kier alpha value is -5.08. The van der Waals surface area contributed by atoms with Gasteiger partial charge in [-0.25, -0.2) is 4.98 Å². The highest BCUT2D eigenvalue weighted by Crippen LogP contribution is 2.32. The molecule has 5 aromatic rings. The summed E-state index contributed by atoms with van der Waals surface area (Å²) < 4.78 is 0. The van der Waals surface area contributed by atoms with E-state index in [1.165, 1.54) is 16.7 Å². The zero-order valence-electron chi connectivity index (χ0n) is 23.8. The molecule has 0 aliphatic carbocycles. The van der Waals surface area contributed by atoms with E-state index in [-0.39, 0.29) is 6.04 Å². The van der Waals surface area contributed by atoms with Crippen molar-refractivity contribution in [2.75, 3.05) is 15.1 Å². The Labute approximate surface area is 243 Å². The van der Waals surface area contributed by atoms with Crippen LogP contribution >= 0.6 is 0 Å². The third-order valence-corrected chi connectivity index (χ3v) is 6.96. The number of anilines is 4. The summed E-state index contributed by atoms with van der Waals surface area (Å²) in [6, 6.07) is 43.3. The zero-order chi connectivity index (χ0) is 28.4. The van der Waals surface area contributed by atoms with Gasteiger partial charge in [-0.15, -0.1) is 0 Å². The second-order valence-electron chi connectivity index (χ2n) is 10.0. The van der Waals surface area contributed by atoms with E-state index in [1.807, 2.05) is 36.1 Å². The maximum atomic E-state index is 4.83. The zero-order valence-corrected chi connectivity index (χ0v) is 23.8. The molecule has 0 saturated heterocycles. The first-order valence-electron chi connectivity index (χ1n) is 13.9. The predicted molar refractivity (Wildman–Crippen MR) is 170 cm³/mol. The van der Waals surface area contributed by atoms with Crippen molar-refractivity contribution >= 4 is 23.1 Å². The molecule has 1 atom stereocenters. The van der Waals surface area contributed by atoms with Gasteiger partial charge in [-0.05, 0) is 61.2 Å². The lowest BCUT2D eigenvalue weighted by molar-refractivity contribution is 0.799. The van der Waals surface area contributed by atoms with Crippen LogP contribution < -0.4 is 15.1 Å². The van der Waals surface area contributed by atoms with Crippen molar-refractivity contribution in [3.8, 4) is 12.0 Å². The molecule has 0 amide bonds. The summed E-state index contributed by atoms with van der Waals surface area (Å²) in [5.41, 5.74) is 6.98. The molecule has 41 heavy (non-hydrogen) atoms. The minimum Gasteiger partial charge on any atom is -0.363 e. The average Bonchev–Trinajstić information content (AvgIpc) is 3.01. The third kappa shape index (κ3) is 7.12. The summed E-state index contributed by atoms with van der Waals surface area (Å²) in [7, 11) is 0. The Balaban J connectivity index is 1.42. The van der Waals surface area contributed by atoms with E-state index in [0.29, 0.717) is 5.95 Å². The molecule has 204 valence electrons. The molecule has 1 heterocycles. The summed E-state index contributed by atoms with van der Waals surface area (Å²) in [6.07, 6.45) is 1.78. The smallest absolute Gasteiger partial charge is 0.225 e. The topological polar surface area (TPSA) is 44.3 Å². The minimum absolute atomic E-state index is 0.0680. The first-order chi connectivity index (χ1) is 20.1. The summed E-state index contributed by atoms with van der Waals surface area (Å²) >= 11 is 0. The van der Waals surface area contributed by atoms with Crippen molar-refractivity contribution in [3.05, 3.63) is 144 Å². The first kappa shape index (κ1) is 27.5. The number of rotatable bonds is 10. The molecule has 0 aliphatic heterocycles. The van der Waals surface area contributed by atoms with Crippen molar-refractivity contribution in [1.29, 1.82) is 0 Å². The molecular formula is C36H35N5. The molecule has 4 aromatic carbocycles. The highest BCUT2D eigenvalue weighted by Gasteiger charge is 2.16. The monoisotopic (exact) mass is 537 g/mol. The van der Waals surface area contributed by atoms with Crippen LogP contribution in [0.4, 0.5) is 23.1 Å². The van der Waals surface area contributed by atoms with E-state index < -0.39 is 0 Å². The Kier molecular flexibility index (Phi) is 8.93. The number of nitrogens with one attached hydrogen (secondary N) is 1. The van der Waals surface area contributed by atoms with Gasteiger partial charge in [0.25, 0.3) is 0 Å². The number of nitrogens with zero attached hydrogens (tertiary/aromatic N) is 4. The number of aryl methyl sites for hydroxylation is 1. The standard InChI is InChI=1S/C36H35N5/c1-4-24-41(35-22-23-37-36(39-35)38-29(3)32-18-12-7-13-19-32)34-21-20-33(25-28(34)2)40(26-30-14-8-5-9-15-30)27-31-16-10-6-11-17-31/h5-23,25,29H,26-27H2,1-3H3,(H,37,38,39)/t29-/m0/s1. The maximum absolute atomic E-state index is 4.83. The van der Waals surface area contributed by atoms with Gasteiger partial charge in [-0.3, -0.25) is 4.90 Å². The number of hydrogen-bond donors (Lipinski definition) is 1. The van der Waals surface area contributed by atoms with Gasteiger partial charge in [0, 0.05) is 37.1 Å². The summed E-state index contributed by atoms with van der Waals surface area (Å²) in [6.45, 7) is 7.70. The Morgan fingerprint density at radius 1 is 0.780 bits per heavy atom. The van der Waals surface area contributed by atoms with Gasteiger partial charge in [0.15, 0.2) is 0 Å². The number of benzene rings is 4. The molecule has 0 aliphatic rings. The Bertz CT molecular complexity index is 1570. The SMILES string of the molecule is CC#CN(c1ccnc(N[C@@H](C)c2ccccc2)n1)c1ccc(N(Cc2ccccc2)Cc2ccccc2)cc1C. The Morgan fingerprint density at radius 2 is 1.39 bits per heavy atom. The summed E-state index contributed by atoms with van der Waals surface area (Å²) in [5.74, 6) is 4.35. The molecule has 0 fully saturated rings. The van der Waals surface area contributed by atoms with Crippen LogP contribution in [-0.2, 0) is 13.1 Å². The van der Waals surface area contributed by atoms with Crippen LogP contribution in [0.5, 0.6) is 0 Å². The lowest BCUT2D eigenvalue weighted by Gasteiger charge is -2.27. The van der Waals surface area contributed by atoms with E-state index >= 15 is 0 Å². The van der Waals surface area contributed by atoms with Crippen molar-refractivity contribution in [2.24, 2.45) is 0 Å². The van der Waals surface area contributed by atoms with Gasteiger partial charge < -0.3 is 10.2 Å². The van der Waals surface area contributed by atoms with Crippen molar-refractivity contribution in [2.45, 2.75) is 39.9 Å². The molecule has 1 N–H and O–H groups in total. The molecule has 5 rings (SSSR count). The van der Waals surface area contributed by atoms with E-state index in [4.69, 9.17) is 4.98 Å². The normalized spacial score (nSPS) is 11.2. The van der Waals surface area contributed by atoms with Crippen LogP contribution in [0.3, 0.4) is 0 Å². The first-order valence-corrected chi connectivity index (χ1v) is 13.9. The predicted octanol–water partition coefficient (Wildman–Crippen LogP) is 8.28. The van der Waals surface area contributed by atoms with E-state index in [2.05, 4.69) is 132 Å². The van der Waals surface area contributed by atoms with Gasteiger partial charge in [-0.2, -0.15) is 4.98 Å². The third-order valence-electron chi connectivity index (χ3n) is 6.96. The second-order valence-corrected chi connectivity index (χ2v) is 10.0. The molecule has 5 heteroatoms. The fourth-order valence-corrected chi connectivity index (χ4v) is 4.85. The van der Waals surface area contributed by atoms with Crippen molar-refractivity contribution in [1.82, 2.24) is 9.97 Å². The number of aromatic nitrogens is 2. The highest BCUT2D eigenvalue weighted by atomic mass is 15.2. The van der Waals surface area contributed by atoms with Crippen LogP contribution in [0.25, 0.3) is 0 Å². The molecular weight excluding hydrogens is 502 g/mol. The van der Waals surface area contributed by atoms with Gasteiger partial charge in [-0.1, -0.05) is 96.9 Å². The van der Waals surface area contributed by atoms with Crippen LogP contribution in [0, 0.1) is 18.9 Å². The van der Waals surface area contributed by atoms with Gasteiger partial charge >= 0.3 is 0 Å². The van der Waals surface area contributed by atoms with Crippen molar-refractivity contribution in [3.63, 3.8) is 0 Å². The van der Waals surface area contributed by atoms with E-state index in [9.17, 15) is 0 Å². The molecule has 5 nitrogen and oxygen atoms in total. The minimum atomic E-state index is 0.0680. The maximum Gasteiger partial charge on any atom is 0.225 e.